The lowest BCUT2D eigenvalue weighted by Crippen LogP contribution is -2.49. The summed E-state index contributed by atoms with van der Waals surface area (Å²) in [5, 5.41) is 4.30. The van der Waals surface area contributed by atoms with Crippen LogP contribution in [0.1, 0.15) is 36.2 Å². The van der Waals surface area contributed by atoms with Gasteiger partial charge in [0.1, 0.15) is 11.6 Å². The van der Waals surface area contributed by atoms with E-state index >= 15 is 0 Å². The highest BCUT2D eigenvalue weighted by Crippen LogP contribution is 2.27. The van der Waals surface area contributed by atoms with Crippen molar-refractivity contribution < 1.29 is 13.2 Å². The van der Waals surface area contributed by atoms with E-state index in [0.29, 0.717) is 44.3 Å². The van der Waals surface area contributed by atoms with E-state index in [1.54, 1.807) is 31.4 Å². The molecule has 2 atom stereocenters. The Morgan fingerprint density at radius 2 is 1.59 bits per heavy atom. The van der Waals surface area contributed by atoms with E-state index < -0.39 is 16.2 Å². The SMILES string of the molecule is COc1ccc(S(=O)(=O)N2CCN(C(C)c3nc(C(N)NCc4ccccc4)c4ccccc4n3)CC2)cc1. The first-order valence-electron chi connectivity index (χ1n) is 13.0. The number of hydrogen-bond donors (Lipinski definition) is 2. The summed E-state index contributed by atoms with van der Waals surface area (Å²) < 4.78 is 33.1. The van der Waals surface area contributed by atoms with Gasteiger partial charge in [-0.15, -0.1) is 0 Å². The van der Waals surface area contributed by atoms with Gasteiger partial charge in [-0.3, -0.25) is 10.2 Å². The van der Waals surface area contributed by atoms with Gasteiger partial charge in [-0.05, 0) is 42.8 Å². The summed E-state index contributed by atoms with van der Waals surface area (Å²) in [4.78, 5) is 12.3. The lowest BCUT2D eigenvalue weighted by Gasteiger charge is -2.37. The van der Waals surface area contributed by atoms with Crippen LogP contribution in [0, 0.1) is 0 Å². The summed E-state index contributed by atoms with van der Waals surface area (Å²) in [5.41, 5.74) is 9.33. The molecule has 2 unspecified atom stereocenters. The molecule has 0 radical (unpaired) electrons. The van der Waals surface area contributed by atoms with Crippen molar-refractivity contribution in [3.8, 4) is 5.75 Å². The van der Waals surface area contributed by atoms with Crippen LogP contribution < -0.4 is 15.8 Å². The van der Waals surface area contributed by atoms with Gasteiger partial charge in [0.2, 0.25) is 10.0 Å². The molecule has 3 N–H and O–H groups in total. The summed E-state index contributed by atoms with van der Waals surface area (Å²) in [6.07, 6.45) is -0.476. The Labute approximate surface area is 229 Å². The molecule has 1 fully saturated rings. The molecule has 10 heteroatoms. The maximum Gasteiger partial charge on any atom is 0.243 e. The van der Waals surface area contributed by atoms with Gasteiger partial charge in [0.05, 0.1) is 35.4 Å². The maximum absolute atomic E-state index is 13.2. The number of methoxy groups -OCH3 is 1. The zero-order chi connectivity index (χ0) is 27.4. The average Bonchev–Trinajstić information content (AvgIpc) is 2.99. The monoisotopic (exact) mass is 546 g/mol. The van der Waals surface area contributed by atoms with Crippen LogP contribution in [0.4, 0.5) is 0 Å². The van der Waals surface area contributed by atoms with Crippen molar-refractivity contribution in [1.82, 2.24) is 24.5 Å². The zero-order valence-corrected chi connectivity index (χ0v) is 23.0. The number of para-hydroxylation sites is 1. The second-order valence-corrected chi connectivity index (χ2v) is 11.6. The van der Waals surface area contributed by atoms with E-state index in [-0.39, 0.29) is 10.9 Å². The second kappa shape index (κ2) is 11.8. The van der Waals surface area contributed by atoms with Gasteiger partial charge < -0.3 is 10.5 Å². The molecule has 0 bridgehead atoms. The number of rotatable bonds is 9. The Bertz CT molecular complexity index is 1510. The van der Waals surface area contributed by atoms with E-state index in [9.17, 15) is 8.42 Å². The molecule has 4 aromatic rings. The average molecular weight is 547 g/mol. The van der Waals surface area contributed by atoms with Crippen LogP contribution in [-0.4, -0.2) is 60.9 Å². The largest absolute Gasteiger partial charge is 0.497 e. The van der Waals surface area contributed by atoms with Crippen molar-refractivity contribution in [1.29, 1.82) is 0 Å². The number of fused-ring (bicyclic) bond motifs is 1. The first-order chi connectivity index (χ1) is 18.9. The fourth-order valence-corrected chi connectivity index (χ4v) is 6.28. The molecule has 1 aromatic heterocycles. The molecular formula is C29H34N6O3S. The van der Waals surface area contributed by atoms with E-state index in [2.05, 4.69) is 29.3 Å². The van der Waals surface area contributed by atoms with Gasteiger partial charge >= 0.3 is 0 Å². The van der Waals surface area contributed by atoms with Crippen LogP contribution in [0.15, 0.2) is 83.8 Å². The number of aromatic nitrogens is 2. The van der Waals surface area contributed by atoms with E-state index in [1.165, 1.54) is 4.31 Å². The quantitative estimate of drug-likeness (QED) is 0.307. The van der Waals surface area contributed by atoms with Gasteiger partial charge in [-0.1, -0.05) is 48.5 Å². The lowest BCUT2D eigenvalue weighted by atomic mass is 10.1. The molecule has 5 rings (SSSR count). The molecule has 0 aliphatic carbocycles. The number of sulfonamides is 1. The number of hydrogen-bond acceptors (Lipinski definition) is 8. The molecular weight excluding hydrogens is 512 g/mol. The highest BCUT2D eigenvalue weighted by molar-refractivity contribution is 7.89. The summed E-state index contributed by atoms with van der Waals surface area (Å²) >= 11 is 0. The Balaban J connectivity index is 1.31. The minimum Gasteiger partial charge on any atom is -0.497 e. The van der Waals surface area contributed by atoms with Gasteiger partial charge in [-0.25, -0.2) is 18.4 Å². The highest BCUT2D eigenvalue weighted by atomic mass is 32.2. The van der Waals surface area contributed by atoms with Crippen LogP contribution in [0.25, 0.3) is 10.9 Å². The third-order valence-electron chi connectivity index (χ3n) is 7.21. The topological polar surface area (TPSA) is 114 Å². The third kappa shape index (κ3) is 5.95. The molecule has 2 heterocycles. The number of piperazine rings is 1. The molecule has 1 aliphatic heterocycles. The zero-order valence-electron chi connectivity index (χ0n) is 22.2. The molecule has 204 valence electrons. The third-order valence-corrected chi connectivity index (χ3v) is 9.12. The standard InChI is InChI=1S/C29H34N6O3S/c1-21(34-16-18-35(19-17-34)39(36,37)24-14-12-23(38-2)13-15-24)29-32-26-11-7-6-10-25(26)27(33-29)28(30)31-20-22-8-4-3-5-9-22/h3-15,21,28,31H,16-20,30H2,1-2H3. The maximum atomic E-state index is 13.2. The first-order valence-corrected chi connectivity index (χ1v) is 14.5. The number of ether oxygens (including phenoxy) is 1. The number of benzene rings is 3. The van der Waals surface area contributed by atoms with Crippen LogP contribution in [0.3, 0.4) is 0 Å². The Morgan fingerprint density at radius 1 is 0.923 bits per heavy atom. The fraction of sp³-hybridized carbons (Fsp3) is 0.310. The van der Waals surface area contributed by atoms with Crippen LogP contribution in [-0.2, 0) is 16.6 Å². The summed E-state index contributed by atoms with van der Waals surface area (Å²) in [7, 11) is -2.03. The highest BCUT2D eigenvalue weighted by Gasteiger charge is 2.31. The molecule has 0 saturated carbocycles. The first kappa shape index (κ1) is 27.2. The van der Waals surface area contributed by atoms with Crippen LogP contribution in [0.5, 0.6) is 5.75 Å². The van der Waals surface area contributed by atoms with Crippen LogP contribution >= 0.6 is 0 Å². The van der Waals surface area contributed by atoms with Crippen molar-refractivity contribution in [3.63, 3.8) is 0 Å². The summed E-state index contributed by atoms with van der Waals surface area (Å²) in [6.45, 7) is 4.59. The van der Waals surface area contributed by atoms with Gasteiger partial charge in [0, 0.05) is 38.1 Å². The minimum absolute atomic E-state index is 0.111. The molecule has 0 amide bonds. The molecule has 0 spiro atoms. The van der Waals surface area contributed by atoms with Gasteiger partial charge in [0.15, 0.2) is 0 Å². The van der Waals surface area contributed by atoms with E-state index in [0.717, 1.165) is 22.2 Å². The van der Waals surface area contributed by atoms with Crippen molar-refractivity contribution in [2.75, 3.05) is 33.3 Å². The van der Waals surface area contributed by atoms with Crippen molar-refractivity contribution >= 4 is 20.9 Å². The number of nitrogens with two attached hydrogens (primary N) is 1. The summed E-state index contributed by atoms with van der Waals surface area (Å²) in [5.74, 6) is 1.30. The minimum atomic E-state index is -3.58. The van der Waals surface area contributed by atoms with E-state index in [1.807, 2.05) is 42.5 Å². The second-order valence-electron chi connectivity index (χ2n) is 9.62. The van der Waals surface area contributed by atoms with Crippen molar-refractivity contribution in [2.45, 2.75) is 30.6 Å². The smallest absolute Gasteiger partial charge is 0.243 e. The number of nitrogens with zero attached hydrogens (tertiary/aromatic N) is 4. The summed E-state index contributed by atoms with van der Waals surface area (Å²) in [6, 6.07) is 24.4. The molecule has 1 aliphatic rings. The van der Waals surface area contributed by atoms with Gasteiger partial charge in [-0.2, -0.15) is 4.31 Å². The predicted molar refractivity (Wildman–Crippen MR) is 151 cm³/mol. The Kier molecular flexibility index (Phi) is 8.20. The molecule has 9 nitrogen and oxygen atoms in total. The molecule has 39 heavy (non-hydrogen) atoms. The van der Waals surface area contributed by atoms with Crippen molar-refractivity contribution in [2.24, 2.45) is 5.73 Å². The van der Waals surface area contributed by atoms with Gasteiger partial charge in [0.25, 0.3) is 0 Å². The normalized spacial score (nSPS) is 16.7. The van der Waals surface area contributed by atoms with E-state index in [4.69, 9.17) is 20.4 Å². The Hall–Kier alpha value is -3.41. The molecule has 1 saturated heterocycles. The predicted octanol–water partition coefficient (Wildman–Crippen LogP) is 3.45. The van der Waals surface area contributed by atoms with Crippen LogP contribution in [0.2, 0.25) is 0 Å². The lowest BCUT2D eigenvalue weighted by molar-refractivity contribution is 0.141. The Morgan fingerprint density at radius 3 is 2.28 bits per heavy atom. The number of nitrogens with one attached hydrogen (secondary N) is 1. The van der Waals surface area contributed by atoms with Crippen molar-refractivity contribution in [3.05, 3.63) is 95.9 Å². The fourth-order valence-electron chi connectivity index (χ4n) is 4.86. The molecule has 3 aromatic carbocycles.